The molecule has 0 bridgehead atoms. The second-order valence-electron chi connectivity index (χ2n) is 5.84. The van der Waals surface area contributed by atoms with Gasteiger partial charge in [-0.1, -0.05) is 12.1 Å². The molecule has 26 heavy (non-hydrogen) atoms. The topological polar surface area (TPSA) is 102 Å². The lowest BCUT2D eigenvalue weighted by Crippen LogP contribution is -2.31. The van der Waals surface area contributed by atoms with Crippen molar-refractivity contribution in [2.75, 3.05) is 0 Å². The number of aromatic amines is 1. The minimum atomic E-state index is -0.518. The third-order valence-corrected chi connectivity index (χ3v) is 4.01. The zero-order valence-corrected chi connectivity index (χ0v) is 14.3. The molecule has 0 fully saturated rings. The zero-order valence-electron chi connectivity index (χ0n) is 14.3. The molecule has 0 aliphatic rings. The Morgan fingerprint density at radius 1 is 1.15 bits per heavy atom. The maximum absolute atomic E-state index is 12.0. The van der Waals surface area contributed by atoms with Gasteiger partial charge in [0.2, 0.25) is 5.91 Å². The minimum absolute atomic E-state index is 0.151. The number of hydrogen-bond acceptors (Lipinski definition) is 4. The van der Waals surface area contributed by atoms with Crippen molar-refractivity contribution in [1.82, 2.24) is 24.4 Å². The molecule has 0 saturated heterocycles. The fraction of sp³-hybridized carbons (Fsp3) is 0.222. The maximum atomic E-state index is 12.0. The number of carbonyl (C=O) groups is 1. The van der Waals surface area contributed by atoms with Crippen LogP contribution in [0, 0.1) is 6.92 Å². The number of benzene rings is 1. The predicted molar refractivity (Wildman–Crippen MR) is 96.1 cm³/mol. The van der Waals surface area contributed by atoms with E-state index in [1.807, 2.05) is 42.0 Å². The fourth-order valence-electron chi connectivity index (χ4n) is 2.56. The van der Waals surface area contributed by atoms with Crippen LogP contribution in [0.15, 0.2) is 58.5 Å². The first-order valence-corrected chi connectivity index (χ1v) is 8.18. The van der Waals surface area contributed by atoms with E-state index >= 15 is 0 Å². The van der Waals surface area contributed by atoms with Gasteiger partial charge in [-0.25, -0.2) is 9.78 Å². The molecule has 0 aliphatic heterocycles. The number of hydrogen-bond donors (Lipinski definition) is 2. The number of aromatic nitrogens is 4. The van der Waals surface area contributed by atoms with Gasteiger partial charge in [-0.15, -0.1) is 0 Å². The largest absolute Gasteiger partial charge is 0.352 e. The van der Waals surface area contributed by atoms with Crippen LogP contribution >= 0.6 is 0 Å². The number of H-pyrrole nitrogens is 1. The van der Waals surface area contributed by atoms with E-state index in [-0.39, 0.29) is 18.9 Å². The Bertz CT molecular complexity index is 1010. The molecule has 0 aliphatic carbocycles. The average molecular weight is 353 g/mol. The highest BCUT2D eigenvalue weighted by Gasteiger charge is 2.05. The Morgan fingerprint density at radius 3 is 2.58 bits per heavy atom. The lowest BCUT2D eigenvalue weighted by molar-refractivity contribution is -0.121. The Kier molecular flexibility index (Phi) is 5.12. The van der Waals surface area contributed by atoms with Crippen LogP contribution in [0.25, 0.3) is 5.69 Å². The summed E-state index contributed by atoms with van der Waals surface area (Å²) in [5.74, 6) is 0.737. The van der Waals surface area contributed by atoms with Crippen LogP contribution in [-0.4, -0.2) is 25.0 Å². The van der Waals surface area contributed by atoms with Gasteiger partial charge < -0.3 is 14.5 Å². The SMILES string of the molecule is Cc1nccn1-c1ccc(CNC(=O)CCn2ccc(=O)[nH]c2=O)cc1. The first-order valence-electron chi connectivity index (χ1n) is 8.18. The van der Waals surface area contributed by atoms with Gasteiger partial charge in [-0.2, -0.15) is 0 Å². The van der Waals surface area contributed by atoms with Gasteiger partial charge in [-0.05, 0) is 24.6 Å². The molecule has 0 radical (unpaired) electrons. The number of nitrogens with one attached hydrogen (secondary N) is 2. The van der Waals surface area contributed by atoms with E-state index < -0.39 is 11.2 Å². The molecule has 134 valence electrons. The van der Waals surface area contributed by atoms with E-state index in [2.05, 4.69) is 15.3 Å². The van der Waals surface area contributed by atoms with E-state index in [0.717, 1.165) is 17.1 Å². The Hall–Kier alpha value is -3.42. The van der Waals surface area contributed by atoms with Gasteiger partial charge in [0.25, 0.3) is 5.56 Å². The lowest BCUT2D eigenvalue weighted by atomic mass is 10.2. The van der Waals surface area contributed by atoms with E-state index in [9.17, 15) is 14.4 Å². The average Bonchev–Trinajstić information content (AvgIpc) is 3.05. The van der Waals surface area contributed by atoms with Crippen molar-refractivity contribution in [1.29, 1.82) is 0 Å². The summed E-state index contributed by atoms with van der Waals surface area (Å²) < 4.78 is 3.27. The second-order valence-corrected chi connectivity index (χ2v) is 5.84. The van der Waals surface area contributed by atoms with Crippen molar-refractivity contribution >= 4 is 5.91 Å². The summed E-state index contributed by atoms with van der Waals surface area (Å²) in [6.07, 6.45) is 5.17. The molecule has 2 heterocycles. The number of imidazole rings is 1. The maximum Gasteiger partial charge on any atom is 0.328 e. The van der Waals surface area contributed by atoms with Gasteiger partial charge in [-0.3, -0.25) is 14.6 Å². The zero-order chi connectivity index (χ0) is 18.5. The number of carbonyl (C=O) groups excluding carboxylic acids is 1. The Balaban J connectivity index is 1.52. The Morgan fingerprint density at radius 2 is 1.92 bits per heavy atom. The Labute approximate surface area is 149 Å². The number of aryl methyl sites for hydroxylation is 2. The molecule has 0 unspecified atom stereocenters. The third kappa shape index (κ3) is 4.15. The van der Waals surface area contributed by atoms with Crippen molar-refractivity contribution in [2.45, 2.75) is 26.4 Å². The molecule has 0 spiro atoms. The summed E-state index contributed by atoms with van der Waals surface area (Å²) >= 11 is 0. The number of rotatable bonds is 6. The van der Waals surface area contributed by atoms with E-state index in [0.29, 0.717) is 6.54 Å². The first-order chi connectivity index (χ1) is 12.5. The summed E-state index contributed by atoms with van der Waals surface area (Å²) in [7, 11) is 0. The second kappa shape index (κ2) is 7.64. The van der Waals surface area contributed by atoms with E-state index in [1.54, 1.807) is 6.20 Å². The van der Waals surface area contributed by atoms with Crippen molar-refractivity contribution in [3.8, 4) is 5.69 Å². The molecule has 0 saturated carbocycles. The number of amides is 1. The third-order valence-electron chi connectivity index (χ3n) is 4.01. The minimum Gasteiger partial charge on any atom is -0.352 e. The van der Waals surface area contributed by atoms with Crippen molar-refractivity contribution in [3.05, 3.63) is 81.1 Å². The summed E-state index contributed by atoms with van der Waals surface area (Å²) in [4.78, 5) is 40.9. The van der Waals surface area contributed by atoms with Crippen LogP contribution in [0.2, 0.25) is 0 Å². The standard InChI is InChI=1S/C18H19N5O3/c1-13-19-8-11-23(13)15-4-2-14(3-5-15)12-20-16(24)6-9-22-10-7-17(25)21-18(22)26/h2-5,7-8,10-11H,6,9,12H2,1H3,(H,20,24)(H,21,25,26). The van der Waals surface area contributed by atoms with Gasteiger partial charge in [0, 0.05) is 49.9 Å². The van der Waals surface area contributed by atoms with Gasteiger partial charge in [0.15, 0.2) is 0 Å². The molecule has 2 N–H and O–H groups in total. The quantitative estimate of drug-likeness (QED) is 0.682. The van der Waals surface area contributed by atoms with Gasteiger partial charge in [0.1, 0.15) is 5.82 Å². The molecule has 8 heteroatoms. The first kappa shape index (κ1) is 17.4. The van der Waals surface area contributed by atoms with Crippen LogP contribution in [0.5, 0.6) is 0 Å². The lowest BCUT2D eigenvalue weighted by Gasteiger charge is -2.09. The van der Waals surface area contributed by atoms with Crippen LogP contribution in [-0.2, 0) is 17.9 Å². The van der Waals surface area contributed by atoms with Crippen molar-refractivity contribution < 1.29 is 4.79 Å². The highest BCUT2D eigenvalue weighted by molar-refractivity contribution is 5.75. The summed E-state index contributed by atoms with van der Waals surface area (Å²) in [6, 6.07) is 9.08. The monoisotopic (exact) mass is 353 g/mol. The normalized spacial score (nSPS) is 10.7. The smallest absolute Gasteiger partial charge is 0.328 e. The highest BCUT2D eigenvalue weighted by atomic mass is 16.2. The molecule has 3 rings (SSSR count). The van der Waals surface area contributed by atoms with Crippen LogP contribution in [0.1, 0.15) is 17.8 Å². The summed E-state index contributed by atoms with van der Waals surface area (Å²) in [5.41, 5.74) is 1.01. The van der Waals surface area contributed by atoms with Crippen LogP contribution < -0.4 is 16.6 Å². The molecule has 8 nitrogen and oxygen atoms in total. The fourth-order valence-corrected chi connectivity index (χ4v) is 2.56. The molecule has 2 aromatic heterocycles. The van der Waals surface area contributed by atoms with Gasteiger partial charge >= 0.3 is 5.69 Å². The van der Waals surface area contributed by atoms with Crippen LogP contribution in [0.4, 0.5) is 0 Å². The molecular weight excluding hydrogens is 334 g/mol. The molecule has 1 amide bonds. The number of nitrogens with zero attached hydrogens (tertiary/aromatic N) is 3. The molecule has 0 atom stereocenters. The van der Waals surface area contributed by atoms with Crippen LogP contribution in [0.3, 0.4) is 0 Å². The molecule has 1 aromatic carbocycles. The molecular formula is C18H19N5O3. The molecule has 3 aromatic rings. The highest BCUT2D eigenvalue weighted by Crippen LogP contribution is 2.11. The van der Waals surface area contributed by atoms with Crippen molar-refractivity contribution in [3.63, 3.8) is 0 Å². The van der Waals surface area contributed by atoms with E-state index in [4.69, 9.17) is 0 Å². The summed E-state index contributed by atoms with van der Waals surface area (Å²) in [5, 5.41) is 2.82. The summed E-state index contributed by atoms with van der Waals surface area (Å²) in [6.45, 7) is 2.55. The van der Waals surface area contributed by atoms with Crippen molar-refractivity contribution in [2.24, 2.45) is 0 Å². The predicted octanol–water partition coefficient (Wildman–Crippen LogP) is 0.737. The van der Waals surface area contributed by atoms with Gasteiger partial charge in [0.05, 0.1) is 0 Å². The van der Waals surface area contributed by atoms with E-state index in [1.165, 1.54) is 16.8 Å².